The summed E-state index contributed by atoms with van der Waals surface area (Å²) in [5.74, 6) is -0.327. The van der Waals surface area contributed by atoms with E-state index in [0.29, 0.717) is 18.5 Å². The zero-order valence-electron chi connectivity index (χ0n) is 16.8. The molecule has 0 atom stereocenters. The van der Waals surface area contributed by atoms with Crippen molar-refractivity contribution in [3.8, 4) is 11.3 Å². The molecule has 3 aromatic rings. The van der Waals surface area contributed by atoms with Gasteiger partial charge in [-0.15, -0.1) is 0 Å². The monoisotopic (exact) mass is 435 g/mol. The smallest absolute Gasteiger partial charge is 0.302 e. The molecular formula is C19H22FN5O4S. The Labute approximate surface area is 172 Å². The van der Waals surface area contributed by atoms with Crippen molar-refractivity contribution >= 4 is 10.0 Å². The van der Waals surface area contributed by atoms with Crippen molar-refractivity contribution in [2.24, 2.45) is 14.1 Å². The lowest BCUT2D eigenvalue weighted by molar-refractivity contribution is 0.457. The summed E-state index contributed by atoms with van der Waals surface area (Å²) >= 11 is 0. The van der Waals surface area contributed by atoms with E-state index in [1.165, 1.54) is 33.3 Å². The van der Waals surface area contributed by atoms with E-state index >= 15 is 0 Å². The van der Waals surface area contributed by atoms with Crippen molar-refractivity contribution in [2.45, 2.75) is 17.7 Å². The second-order valence-corrected chi connectivity index (χ2v) is 8.98. The normalized spacial score (nSPS) is 11.9. The largest absolute Gasteiger partial charge is 0.330 e. The van der Waals surface area contributed by atoms with Crippen molar-refractivity contribution in [1.29, 1.82) is 0 Å². The lowest BCUT2D eigenvalue weighted by Gasteiger charge is -2.17. The van der Waals surface area contributed by atoms with E-state index in [1.807, 2.05) is 6.07 Å². The lowest BCUT2D eigenvalue weighted by atomic mass is 10.1. The van der Waals surface area contributed by atoms with Crippen molar-refractivity contribution in [2.75, 3.05) is 13.6 Å². The minimum Gasteiger partial charge on any atom is -0.302 e. The van der Waals surface area contributed by atoms with E-state index in [1.54, 1.807) is 12.1 Å². The maximum absolute atomic E-state index is 13.0. The molecule has 30 heavy (non-hydrogen) atoms. The third-order valence-corrected chi connectivity index (χ3v) is 6.63. The highest BCUT2D eigenvalue weighted by Crippen LogP contribution is 2.19. The van der Waals surface area contributed by atoms with E-state index in [-0.39, 0.29) is 12.4 Å². The molecule has 2 heterocycles. The SMILES string of the molecule is CN(CCCc1cc(-c2ccc(F)cc2)n[nH]1)S(=O)(=O)c1cn(C)c(=O)n(C)c1=O. The number of aromatic nitrogens is 4. The Bertz CT molecular complexity index is 1280. The predicted octanol–water partition coefficient (Wildman–Crippen LogP) is 0.866. The first-order valence-electron chi connectivity index (χ1n) is 9.14. The first-order chi connectivity index (χ1) is 14.1. The van der Waals surface area contributed by atoms with Crippen molar-refractivity contribution < 1.29 is 12.8 Å². The molecule has 0 aliphatic rings. The number of hydrogen-bond donors (Lipinski definition) is 1. The van der Waals surface area contributed by atoms with E-state index in [0.717, 1.165) is 30.9 Å². The van der Waals surface area contributed by atoms with Crippen molar-refractivity contribution in [3.63, 3.8) is 0 Å². The fourth-order valence-corrected chi connectivity index (χ4v) is 4.34. The number of nitrogens with one attached hydrogen (secondary N) is 1. The van der Waals surface area contributed by atoms with Crippen LogP contribution < -0.4 is 11.2 Å². The standard InChI is InChI=1S/C19H22FN5O4S/c1-23-12-17(18(26)25(3)19(23)27)30(28,29)24(2)10-4-5-15-11-16(22-21-15)13-6-8-14(20)9-7-13/h6-9,11-12H,4-5,10H2,1-3H3,(H,21,22). The van der Waals surface area contributed by atoms with Gasteiger partial charge in [0.25, 0.3) is 5.56 Å². The van der Waals surface area contributed by atoms with Crippen LogP contribution in [-0.4, -0.2) is 45.6 Å². The van der Waals surface area contributed by atoms with Crippen LogP contribution in [0.15, 0.2) is 51.0 Å². The molecule has 11 heteroatoms. The van der Waals surface area contributed by atoms with E-state index in [4.69, 9.17) is 0 Å². The molecule has 1 aromatic carbocycles. The fraction of sp³-hybridized carbons (Fsp3) is 0.316. The van der Waals surface area contributed by atoms with Gasteiger partial charge in [0.05, 0.1) is 5.69 Å². The van der Waals surface area contributed by atoms with Crippen LogP contribution >= 0.6 is 0 Å². The quantitative estimate of drug-likeness (QED) is 0.592. The van der Waals surface area contributed by atoms with Gasteiger partial charge in [-0.25, -0.2) is 21.9 Å². The van der Waals surface area contributed by atoms with Gasteiger partial charge in [0.1, 0.15) is 5.82 Å². The van der Waals surface area contributed by atoms with Gasteiger partial charge in [-0.05, 0) is 43.2 Å². The third kappa shape index (κ3) is 4.26. The van der Waals surface area contributed by atoms with Crippen LogP contribution in [0.2, 0.25) is 0 Å². The molecule has 0 spiro atoms. The molecule has 0 radical (unpaired) electrons. The molecule has 0 saturated carbocycles. The van der Waals surface area contributed by atoms with Crippen molar-refractivity contribution in [3.05, 3.63) is 68.9 Å². The maximum atomic E-state index is 13.0. The Balaban J connectivity index is 1.68. The Hall–Kier alpha value is -3.05. The van der Waals surface area contributed by atoms with Crippen LogP contribution in [0.3, 0.4) is 0 Å². The van der Waals surface area contributed by atoms with E-state index in [2.05, 4.69) is 10.2 Å². The average Bonchev–Trinajstić information content (AvgIpc) is 3.18. The minimum absolute atomic E-state index is 0.166. The third-order valence-electron chi connectivity index (χ3n) is 4.79. The van der Waals surface area contributed by atoms with Gasteiger partial charge < -0.3 is 4.57 Å². The Morgan fingerprint density at radius 2 is 1.83 bits per heavy atom. The Kier molecular flexibility index (Phi) is 6.04. The number of benzene rings is 1. The highest BCUT2D eigenvalue weighted by Gasteiger charge is 2.26. The van der Waals surface area contributed by atoms with Gasteiger partial charge in [-0.3, -0.25) is 14.5 Å². The number of aromatic amines is 1. The summed E-state index contributed by atoms with van der Waals surface area (Å²) in [7, 11) is -0.0397. The van der Waals surface area contributed by atoms with Crippen LogP contribution in [0.1, 0.15) is 12.1 Å². The first kappa shape index (κ1) is 21.7. The average molecular weight is 435 g/mol. The molecule has 0 amide bonds. The fourth-order valence-electron chi connectivity index (χ4n) is 2.99. The van der Waals surface area contributed by atoms with Gasteiger partial charge in [0.2, 0.25) is 10.0 Å². The topological polar surface area (TPSA) is 110 Å². The molecule has 0 unspecified atom stereocenters. The van der Waals surface area contributed by atoms with Crippen LogP contribution in [0.5, 0.6) is 0 Å². The van der Waals surface area contributed by atoms with Crippen LogP contribution in [0.25, 0.3) is 11.3 Å². The number of aryl methyl sites for hydroxylation is 2. The summed E-state index contributed by atoms with van der Waals surface area (Å²) < 4.78 is 41.5. The zero-order valence-corrected chi connectivity index (χ0v) is 17.6. The summed E-state index contributed by atoms with van der Waals surface area (Å²) in [6.45, 7) is 0.166. The predicted molar refractivity (Wildman–Crippen MR) is 109 cm³/mol. The lowest BCUT2D eigenvalue weighted by Crippen LogP contribution is -2.42. The Morgan fingerprint density at radius 1 is 1.17 bits per heavy atom. The number of H-pyrrole nitrogens is 1. The molecule has 1 N–H and O–H groups in total. The summed E-state index contributed by atoms with van der Waals surface area (Å²) in [6.07, 6.45) is 2.05. The highest BCUT2D eigenvalue weighted by atomic mass is 32.2. The molecule has 0 aliphatic carbocycles. The zero-order chi connectivity index (χ0) is 22.1. The molecule has 0 aliphatic heterocycles. The molecule has 0 saturated heterocycles. The minimum atomic E-state index is -4.05. The van der Waals surface area contributed by atoms with Crippen LogP contribution in [-0.2, 0) is 30.5 Å². The molecule has 160 valence electrons. The number of rotatable bonds is 7. The molecule has 9 nitrogen and oxygen atoms in total. The number of nitrogens with zero attached hydrogens (tertiary/aromatic N) is 4. The molecule has 2 aromatic heterocycles. The summed E-state index contributed by atoms with van der Waals surface area (Å²) in [4.78, 5) is 23.6. The second kappa shape index (κ2) is 8.36. The molecule has 0 bridgehead atoms. The van der Waals surface area contributed by atoms with Crippen LogP contribution in [0, 0.1) is 5.82 Å². The Morgan fingerprint density at radius 3 is 2.50 bits per heavy atom. The summed E-state index contributed by atoms with van der Waals surface area (Å²) in [6, 6.07) is 7.79. The number of hydrogen-bond acceptors (Lipinski definition) is 5. The molecular weight excluding hydrogens is 413 g/mol. The summed E-state index contributed by atoms with van der Waals surface area (Å²) in [5.41, 5.74) is 0.780. The van der Waals surface area contributed by atoms with Crippen LogP contribution in [0.4, 0.5) is 4.39 Å². The van der Waals surface area contributed by atoms with E-state index in [9.17, 15) is 22.4 Å². The van der Waals surface area contributed by atoms with Gasteiger partial charge in [-0.1, -0.05) is 0 Å². The summed E-state index contributed by atoms with van der Waals surface area (Å²) in [5, 5.41) is 7.08. The maximum Gasteiger partial charge on any atom is 0.330 e. The van der Waals surface area contributed by atoms with Gasteiger partial charge in [-0.2, -0.15) is 5.10 Å². The van der Waals surface area contributed by atoms with Gasteiger partial charge in [0.15, 0.2) is 4.90 Å². The first-order valence-corrected chi connectivity index (χ1v) is 10.6. The highest BCUT2D eigenvalue weighted by molar-refractivity contribution is 7.89. The van der Waals surface area contributed by atoms with Gasteiger partial charge >= 0.3 is 5.69 Å². The van der Waals surface area contributed by atoms with Gasteiger partial charge in [0, 0.05) is 45.1 Å². The van der Waals surface area contributed by atoms with E-state index < -0.39 is 26.2 Å². The molecule has 3 rings (SSSR count). The molecule has 0 fully saturated rings. The number of halogens is 1. The second-order valence-electron chi connectivity index (χ2n) is 6.97. The van der Waals surface area contributed by atoms with Crippen molar-refractivity contribution in [1.82, 2.24) is 23.6 Å². The number of sulfonamides is 1.